The molecule has 0 saturated heterocycles. The zero-order chi connectivity index (χ0) is 14.7. The lowest BCUT2D eigenvalue weighted by Crippen LogP contribution is -2.02. The summed E-state index contributed by atoms with van der Waals surface area (Å²) >= 11 is 1.72. The summed E-state index contributed by atoms with van der Waals surface area (Å²) in [5.41, 5.74) is 10.0. The minimum Gasteiger partial charge on any atom is -0.330 e. The van der Waals surface area contributed by atoms with Crippen molar-refractivity contribution < 1.29 is 0 Å². The Labute approximate surface area is 128 Å². The number of rotatable bonds is 4. The second-order valence-electron chi connectivity index (χ2n) is 4.86. The number of aryl methyl sites for hydroxylation is 1. The third kappa shape index (κ3) is 2.86. The highest BCUT2D eigenvalue weighted by atomic mass is 32.1. The van der Waals surface area contributed by atoms with Crippen molar-refractivity contribution in [2.45, 2.75) is 13.3 Å². The minimum absolute atomic E-state index is 0.620. The highest BCUT2D eigenvalue weighted by molar-refractivity contribution is 7.15. The minimum atomic E-state index is 0.620. The molecule has 0 amide bonds. The van der Waals surface area contributed by atoms with Crippen molar-refractivity contribution in [1.82, 2.24) is 9.97 Å². The molecule has 3 rings (SSSR count). The van der Waals surface area contributed by atoms with Gasteiger partial charge < -0.3 is 5.73 Å². The van der Waals surface area contributed by atoms with Crippen LogP contribution >= 0.6 is 11.3 Å². The van der Waals surface area contributed by atoms with E-state index in [1.807, 2.05) is 30.3 Å². The summed E-state index contributed by atoms with van der Waals surface area (Å²) in [5.74, 6) is 0. The molecule has 0 unspecified atom stereocenters. The first-order valence-electron chi connectivity index (χ1n) is 6.97. The largest absolute Gasteiger partial charge is 0.330 e. The maximum atomic E-state index is 5.74. The van der Waals surface area contributed by atoms with E-state index in [1.165, 1.54) is 16.0 Å². The van der Waals surface area contributed by atoms with Gasteiger partial charge >= 0.3 is 0 Å². The number of hydrogen-bond acceptors (Lipinski definition) is 4. The number of pyridine rings is 1. The van der Waals surface area contributed by atoms with Crippen LogP contribution in [0.3, 0.4) is 0 Å². The van der Waals surface area contributed by atoms with Crippen LogP contribution in [0.1, 0.15) is 10.4 Å². The van der Waals surface area contributed by atoms with Crippen LogP contribution in [-0.2, 0) is 6.42 Å². The van der Waals surface area contributed by atoms with E-state index < -0.39 is 0 Å². The van der Waals surface area contributed by atoms with Gasteiger partial charge in [0.25, 0.3) is 0 Å². The van der Waals surface area contributed by atoms with Gasteiger partial charge in [-0.25, -0.2) is 4.98 Å². The molecule has 0 atom stereocenters. The van der Waals surface area contributed by atoms with Gasteiger partial charge in [0.1, 0.15) is 10.7 Å². The summed E-state index contributed by atoms with van der Waals surface area (Å²) in [6, 6.07) is 14.2. The van der Waals surface area contributed by atoms with Gasteiger partial charge in [0.15, 0.2) is 0 Å². The lowest BCUT2D eigenvalue weighted by Gasteiger charge is -2.00. The molecule has 0 saturated carbocycles. The molecule has 0 radical (unpaired) electrons. The Hall–Kier alpha value is -2.04. The summed E-state index contributed by atoms with van der Waals surface area (Å²) in [6.45, 7) is 2.73. The van der Waals surface area contributed by atoms with Gasteiger partial charge in [-0.05, 0) is 37.6 Å². The molecule has 2 N–H and O–H groups in total. The lowest BCUT2D eigenvalue weighted by atomic mass is 10.1. The highest BCUT2D eigenvalue weighted by Crippen LogP contribution is 2.34. The zero-order valence-electron chi connectivity index (χ0n) is 11.9. The third-order valence-electron chi connectivity index (χ3n) is 3.35. The topological polar surface area (TPSA) is 51.8 Å². The number of benzene rings is 1. The number of nitrogens with two attached hydrogens (primary N) is 1. The fourth-order valence-corrected chi connectivity index (χ4v) is 3.46. The summed E-state index contributed by atoms with van der Waals surface area (Å²) in [7, 11) is 0. The molecule has 0 aliphatic carbocycles. The predicted octanol–water partition coefficient (Wildman–Crippen LogP) is 3.68. The van der Waals surface area contributed by atoms with Crippen molar-refractivity contribution in [3.63, 3.8) is 0 Å². The van der Waals surface area contributed by atoms with Gasteiger partial charge in [-0.15, -0.1) is 11.3 Å². The lowest BCUT2D eigenvalue weighted by molar-refractivity contribution is 0.984. The Morgan fingerprint density at radius 2 is 1.90 bits per heavy atom. The van der Waals surface area contributed by atoms with Gasteiger partial charge in [-0.1, -0.05) is 30.3 Å². The average molecular weight is 295 g/mol. The van der Waals surface area contributed by atoms with Crippen molar-refractivity contribution in [3.8, 4) is 22.0 Å². The van der Waals surface area contributed by atoms with Crippen LogP contribution in [0.15, 0.2) is 48.7 Å². The Morgan fingerprint density at radius 3 is 2.62 bits per heavy atom. The first-order valence-corrected chi connectivity index (χ1v) is 7.78. The molecule has 3 aromatic rings. The van der Waals surface area contributed by atoms with E-state index in [1.54, 1.807) is 17.5 Å². The first kappa shape index (κ1) is 13.9. The first-order chi connectivity index (χ1) is 10.3. The monoisotopic (exact) mass is 295 g/mol. The molecule has 0 fully saturated rings. The Bertz CT molecular complexity index is 735. The number of aromatic nitrogens is 2. The van der Waals surface area contributed by atoms with Crippen LogP contribution < -0.4 is 5.73 Å². The van der Waals surface area contributed by atoms with Crippen LogP contribution in [0.5, 0.6) is 0 Å². The molecule has 21 heavy (non-hydrogen) atoms. The molecule has 1 aromatic carbocycles. The van der Waals surface area contributed by atoms with Crippen molar-refractivity contribution in [3.05, 3.63) is 59.1 Å². The molecule has 0 spiro atoms. The molecule has 0 bridgehead atoms. The molecule has 0 aliphatic rings. The molecule has 0 aliphatic heterocycles. The van der Waals surface area contributed by atoms with Gasteiger partial charge in [0, 0.05) is 16.6 Å². The summed E-state index contributed by atoms with van der Waals surface area (Å²) in [5, 5.41) is 1.04. The second-order valence-corrected chi connectivity index (χ2v) is 5.94. The van der Waals surface area contributed by atoms with Gasteiger partial charge in [0.2, 0.25) is 0 Å². The van der Waals surface area contributed by atoms with E-state index in [2.05, 4.69) is 24.0 Å². The van der Waals surface area contributed by atoms with Crippen LogP contribution in [0, 0.1) is 6.92 Å². The molecular weight excluding hydrogens is 278 g/mol. The quantitative estimate of drug-likeness (QED) is 0.798. The molecule has 106 valence electrons. The summed E-state index contributed by atoms with van der Waals surface area (Å²) < 4.78 is 0. The van der Waals surface area contributed by atoms with E-state index in [4.69, 9.17) is 10.7 Å². The Balaban J connectivity index is 2.11. The standard InChI is InChI=1S/C17H17N3S/c1-12-6-2-3-7-13(12)17-20-16(15(21-17)9-10-18)14-8-4-5-11-19-14/h2-8,11H,9-10,18H2,1H3. The Morgan fingerprint density at radius 1 is 1.10 bits per heavy atom. The van der Waals surface area contributed by atoms with Crippen molar-refractivity contribution >= 4 is 11.3 Å². The maximum Gasteiger partial charge on any atom is 0.124 e. The zero-order valence-corrected chi connectivity index (χ0v) is 12.7. The SMILES string of the molecule is Cc1ccccc1-c1nc(-c2ccccn2)c(CCN)s1. The van der Waals surface area contributed by atoms with Crippen LogP contribution in [-0.4, -0.2) is 16.5 Å². The fourth-order valence-electron chi connectivity index (χ4n) is 2.28. The van der Waals surface area contributed by atoms with E-state index >= 15 is 0 Å². The fraction of sp³-hybridized carbons (Fsp3) is 0.176. The molecule has 4 heteroatoms. The van der Waals surface area contributed by atoms with E-state index in [0.717, 1.165) is 22.8 Å². The Kier molecular flexibility index (Phi) is 4.08. The second kappa shape index (κ2) is 6.16. The van der Waals surface area contributed by atoms with E-state index in [0.29, 0.717) is 6.54 Å². The van der Waals surface area contributed by atoms with Crippen molar-refractivity contribution in [1.29, 1.82) is 0 Å². The molecule has 2 aromatic heterocycles. The average Bonchev–Trinajstić information content (AvgIpc) is 2.93. The summed E-state index contributed by atoms with van der Waals surface area (Å²) in [6.07, 6.45) is 2.63. The molecule has 3 nitrogen and oxygen atoms in total. The molecule has 2 heterocycles. The van der Waals surface area contributed by atoms with E-state index in [9.17, 15) is 0 Å². The number of thiazole rings is 1. The summed E-state index contributed by atoms with van der Waals surface area (Å²) in [4.78, 5) is 10.5. The highest BCUT2D eigenvalue weighted by Gasteiger charge is 2.15. The van der Waals surface area contributed by atoms with Crippen LogP contribution in [0.2, 0.25) is 0 Å². The number of nitrogens with zero attached hydrogens (tertiary/aromatic N) is 2. The normalized spacial score (nSPS) is 10.8. The van der Waals surface area contributed by atoms with Crippen LogP contribution in [0.25, 0.3) is 22.0 Å². The van der Waals surface area contributed by atoms with Crippen molar-refractivity contribution in [2.75, 3.05) is 6.54 Å². The number of hydrogen-bond donors (Lipinski definition) is 1. The van der Waals surface area contributed by atoms with Crippen molar-refractivity contribution in [2.24, 2.45) is 5.73 Å². The maximum absolute atomic E-state index is 5.74. The van der Waals surface area contributed by atoms with Crippen LogP contribution in [0.4, 0.5) is 0 Å². The predicted molar refractivity (Wildman–Crippen MR) is 88.3 cm³/mol. The van der Waals surface area contributed by atoms with Gasteiger partial charge in [-0.2, -0.15) is 0 Å². The molecular formula is C17H17N3S. The van der Waals surface area contributed by atoms with Gasteiger partial charge in [-0.3, -0.25) is 4.98 Å². The smallest absolute Gasteiger partial charge is 0.124 e. The van der Waals surface area contributed by atoms with E-state index in [-0.39, 0.29) is 0 Å². The third-order valence-corrected chi connectivity index (χ3v) is 4.50. The van der Waals surface area contributed by atoms with Gasteiger partial charge in [0.05, 0.1) is 5.69 Å².